The highest BCUT2D eigenvalue weighted by atomic mass is 32.2. The van der Waals surface area contributed by atoms with Gasteiger partial charge >= 0.3 is 0 Å². The van der Waals surface area contributed by atoms with Gasteiger partial charge in [-0.05, 0) is 43.7 Å². The van der Waals surface area contributed by atoms with E-state index in [0.29, 0.717) is 11.0 Å². The fraction of sp³-hybridized carbons (Fsp3) is 0.316. The van der Waals surface area contributed by atoms with Crippen LogP contribution in [0, 0.1) is 12.8 Å². The SMILES string of the molecule is Cc1ccc(CSc2nnc(NC(=O)C=CC3CC=CCC3)s2)cc1. The summed E-state index contributed by atoms with van der Waals surface area (Å²) < 4.78 is 0.859. The molecule has 1 amide bonds. The Morgan fingerprint density at radius 3 is 2.92 bits per heavy atom. The van der Waals surface area contributed by atoms with Gasteiger partial charge in [-0.25, -0.2) is 0 Å². The van der Waals surface area contributed by atoms with E-state index in [2.05, 4.69) is 58.9 Å². The number of allylic oxidation sites excluding steroid dienone is 3. The first kappa shape index (κ1) is 17.9. The average molecular weight is 372 g/mol. The Hall–Kier alpha value is -1.92. The fourth-order valence-corrected chi connectivity index (χ4v) is 4.22. The van der Waals surface area contributed by atoms with E-state index < -0.39 is 0 Å². The van der Waals surface area contributed by atoms with Gasteiger partial charge in [0, 0.05) is 5.75 Å². The second-order valence-corrected chi connectivity index (χ2v) is 8.24. The lowest BCUT2D eigenvalue weighted by Crippen LogP contribution is -2.09. The number of carbonyl (C=O) groups excluding carboxylic acids is 1. The van der Waals surface area contributed by atoms with Crippen molar-refractivity contribution in [1.29, 1.82) is 0 Å². The standard InChI is InChI=1S/C19H21N3OS2/c1-14-7-9-16(10-8-14)13-24-19-22-21-18(25-19)20-17(23)12-11-15-5-3-2-4-6-15/h2-3,7-12,15H,4-6,13H2,1H3,(H,20,21,23). The van der Waals surface area contributed by atoms with Crippen LogP contribution in [0.3, 0.4) is 0 Å². The third kappa shape index (κ3) is 5.83. The minimum atomic E-state index is -0.138. The van der Waals surface area contributed by atoms with Crippen LogP contribution < -0.4 is 5.32 Å². The van der Waals surface area contributed by atoms with Gasteiger partial charge in [-0.1, -0.05) is 71.2 Å². The number of aromatic nitrogens is 2. The minimum absolute atomic E-state index is 0.138. The summed E-state index contributed by atoms with van der Waals surface area (Å²) >= 11 is 3.04. The topological polar surface area (TPSA) is 54.9 Å². The maximum Gasteiger partial charge on any atom is 0.249 e. The summed E-state index contributed by atoms with van der Waals surface area (Å²) in [7, 11) is 0. The van der Waals surface area contributed by atoms with Gasteiger partial charge in [-0.3, -0.25) is 10.1 Å². The van der Waals surface area contributed by atoms with Crippen molar-refractivity contribution < 1.29 is 4.79 Å². The Bertz CT molecular complexity index is 765. The minimum Gasteiger partial charge on any atom is -0.297 e. The number of thioether (sulfide) groups is 1. The van der Waals surface area contributed by atoms with Gasteiger partial charge in [0.1, 0.15) is 0 Å². The number of anilines is 1. The van der Waals surface area contributed by atoms with Crippen molar-refractivity contribution in [2.75, 3.05) is 5.32 Å². The molecule has 1 aliphatic carbocycles. The van der Waals surface area contributed by atoms with Crippen LogP contribution in [0.25, 0.3) is 0 Å². The third-order valence-electron chi connectivity index (χ3n) is 3.95. The maximum absolute atomic E-state index is 12.0. The van der Waals surface area contributed by atoms with Crippen LogP contribution in [0.1, 0.15) is 30.4 Å². The van der Waals surface area contributed by atoms with Gasteiger partial charge in [-0.2, -0.15) is 0 Å². The second kappa shape index (κ2) is 8.97. The summed E-state index contributed by atoms with van der Waals surface area (Å²) in [5.41, 5.74) is 2.51. The number of nitrogens with one attached hydrogen (secondary N) is 1. The molecule has 130 valence electrons. The molecule has 0 spiro atoms. The van der Waals surface area contributed by atoms with E-state index in [9.17, 15) is 4.79 Å². The lowest BCUT2D eigenvalue weighted by Gasteiger charge is -2.12. The quantitative estimate of drug-likeness (QED) is 0.336. The number of hydrogen-bond donors (Lipinski definition) is 1. The first-order valence-corrected chi connectivity index (χ1v) is 10.2. The number of benzene rings is 1. The predicted molar refractivity (Wildman–Crippen MR) is 105 cm³/mol. The van der Waals surface area contributed by atoms with E-state index in [1.807, 2.05) is 6.08 Å². The molecule has 1 N–H and O–H groups in total. The van der Waals surface area contributed by atoms with E-state index in [-0.39, 0.29) is 5.91 Å². The molecule has 2 aromatic rings. The van der Waals surface area contributed by atoms with Crippen LogP contribution in [-0.4, -0.2) is 16.1 Å². The number of rotatable bonds is 6. The first-order chi connectivity index (χ1) is 12.2. The predicted octanol–water partition coefficient (Wildman–Crippen LogP) is 4.99. The zero-order valence-corrected chi connectivity index (χ0v) is 15.8. The number of aryl methyl sites for hydroxylation is 1. The summed E-state index contributed by atoms with van der Waals surface area (Å²) in [6.45, 7) is 2.08. The summed E-state index contributed by atoms with van der Waals surface area (Å²) in [5, 5.41) is 11.5. The molecule has 25 heavy (non-hydrogen) atoms. The highest BCUT2D eigenvalue weighted by Crippen LogP contribution is 2.28. The van der Waals surface area contributed by atoms with Crippen molar-refractivity contribution in [2.45, 2.75) is 36.3 Å². The Morgan fingerprint density at radius 2 is 2.16 bits per heavy atom. The molecule has 0 fully saturated rings. The molecule has 1 heterocycles. The third-order valence-corrected chi connectivity index (χ3v) is 5.99. The molecule has 4 nitrogen and oxygen atoms in total. The Balaban J connectivity index is 1.47. The summed E-state index contributed by atoms with van der Waals surface area (Å²) in [6, 6.07) is 8.46. The van der Waals surface area contributed by atoms with Crippen molar-refractivity contribution >= 4 is 34.1 Å². The molecule has 0 radical (unpaired) electrons. The molecule has 6 heteroatoms. The number of amides is 1. The normalized spacial score (nSPS) is 17.1. The van der Waals surface area contributed by atoms with Gasteiger partial charge < -0.3 is 0 Å². The van der Waals surface area contributed by atoms with Gasteiger partial charge in [-0.15, -0.1) is 10.2 Å². The highest BCUT2D eigenvalue weighted by Gasteiger charge is 2.09. The molecule has 1 aromatic carbocycles. The lowest BCUT2D eigenvalue weighted by molar-refractivity contribution is -0.111. The Labute approximate surface area is 156 Å². The van der Waals surface area contributed by atoms with Gasteiger partial charge in [0.05, 0.1) is 0 Å². The smallest absolute Gasteiger partial charge is 0.249 e. The van der Waals surface area contributed by atoms with E-state index in [4.69, 9.17) is 0 Å². The van der Waals surface area contributed by atoms with Crippen LogP contribution in [0.2, 0.25) is 0 Å². The molecule has 0 saturated carbocycles. The lowest BCUT2D eigenvalue weighted by atomic mass is 9.94. The number of hydrogen-bond acceptors (Lipinski definition) is 5. The van der Waals surface area contributed by atoms with Gasteiger partial charge in [0.15, 0.2) is 4.34 Å². The number of carbonyl (C=O) groups is 1. The molecular formula is C19H21N3OS2. The van der Waals surface area contributed by atoms with Crippen molar-refractivity contribution in [3.05, 3.63) is 59.7 Å². The summed E-state index contributed by atoms with van der Waals surface area (Å²) in [4.78, 5) is 12.0. The molecule has 3 rings (SSSR count). The molecule has 1 unspecified atom stereocenters. The van der Waals surface area contributed by atoms with Gasteiger partial charge in [0.25, 0.3) is 0 Å². The number of nitrogens with zero attached hydrogens (tertiary/aromatic N) is 2. The second-order valence-electron chi connectivity index (χ2n) is 6.04. The van der Waals surface area contributed by atoms with Crippen LogP contribution in [0.4, 0.5) is 5.13 Å². The van der Waals surface area contributed by atoms with Gasteiger partial charge in [0.2, 0.25) is 11.0 Å². The monoisotopic (exact) mass is 371 g/mol. The molecule has 0 saturated heterocycles. The molecule has 1 aliphatic rings. The fourth-order valence-electron chi connectivity index (χ4n) is 2.51. The van der Waals surface area contributed by atoms with Crippen LogP contribution in [0.5, 0.6) is 0 Å². The molecule has 0 aliphatic heterocycles. The Morgan fingerprint density at radius 1 is 1.32 bits per heavy atom. The van der Waals surface area contributed by atoms with E-state index in [0.717, 1.165) is 29.4 Å². The van der Waals surface area contributed by atoms with Crippen LogP contribution >= 0.6 is 23.1 Å². The summed E-state index contributed by atoms with van der Waals surface area (Å²) in [5.74, 6) is 1.17. The van der Waals surface area contributed by atoms with E-state index in [1.165, 1.54) is 22.5 Å². The van der Waals surface area contributed by atoms with E-state index >= 15 is 0 Å². The highest BCUT2D eigenvalue weighted by molar-refractivity contribution is 8.00. The van der Waals surface area contributed by atoms with Crippen LogP contribution in [0.15, 0.2) is 52.9 Å². The summed E-state index contributed by atoms with van der Waals surface area (Å²) in [6.07, 6.45) is 11.2. The van der Waals surface area contributed by atoms with Crippen molar-refractivity contribution in [3.8, 4) is 0 Å². The largest absolute Gasteiger partial charge is 0.297 e. The zero-order chi connectivity index (χ0) is 17.5. The van der Waals surface area contributed by atoms with Crippen molar-refractivity contribution in [3.63, 3.8) is 0 Å². The molecule has 0 bridgehead atoms. The first-order valence-electron chi connectivity index (χ1n) is 8.35. The molecular weight excluding hydrogens is 350 g/mol. The Kier molecular flexibility index (Phi) is 6.42. The zero-order valence-electron chi connectivity index (χ0n) is 14.1. The van der Waals surface area contributed by atoms with Crippen molar-refractivity contribution in [1.82, 2.24) is 10.2 Å². The van der Waals surface area contributed by atoms with Crippen LogP contribution in [-0.2, 0) is 10.5 Å². The maximum atomic E-state index is 12.0. The van der Waals surface area contributed by atoms with E-state index in [1.54, 1.807) is 17.8 Å². The molecule has 1 atom stereocenters. The average Bonchev–Trinajstić information content (AvgIpc) is 3.08. The molecule has 1 aromatic heterocycles. The van der Waals surface area contributed by atoms with Crippen molar-refractivity contribution in [2.24, 2.45) is 5.92 Å².